The predicted molar refractivity (Wildman–Crippen MR) is 88.1 cm³/mol. The van der Waals surface area contributed by atoms with Crippen LogP contribution in [0, 0.1) is 0 Å². The maximum Gasteiger partial charge on any atom is 0.254 e. The summed E-state index contributed by atoms with van der Waals surface area (Å²) in [5.41, 5.74) is 0. The van der Waals surface area contributed by atoms with Crippen molar-refractivity contribution in [3.63, 3.8) is 0 Å². The Kier molecular flexibility index (Phi) is 10.1. The van der Waals surface area contributed by atoms with Crippen LogP contribution in [0.3, 0.4) is 0 Å². The molecule has 0 spiro atoms. The van der Waals surface area contributed by atoms with Gasteiger partial charge in [-0.2, -0.15) is 5.06 Å². The summed E-state index contributed by atoms with van der Waals surface area (Å²) in [5.74, 6) is -0.343. The number of carbonyl (C=O) groups is 2. The lowest BCUT2D eigenvalue weighted by Crippen LogP contribution is -2.34. The Labute approximate surface area is 135 Å². The van der Waals surface area contributed by atoms with Crippen molar-refractivity contribution in [3.05, 3.63) is 0 Å². The molecule has 0 radical (unpaired) electrons. The number of nitrogens with zero attached hydrogens (tertiary/aromatic N) is 1. The van der Waals surface area contributed by atoms with E-state index in [0.29, 0.717) is 12.8 Å². The molecule has 1 atom stereocenters. The Morgan fingerprint density at radius 2 is 1.27 bits per heavy atom. The highest BCUT2D eigenvalue weighted by atomic mass is 16.7. The van der Waals surface area contributed by atoms with E-state index in [2.05, 4.69) is 13.8 Å². The molecule has 0 aromatic rings. The van der Waals surface area contributed by atoms with E-state index in [0.717, 1.165) is 30.7 Å². The molecule has 0 aromatic carbocycles. The number of hydroxylamine groups is 2. The van der Waals surface area contributed by atoms with Gasteiger partial charge >= 0.3 is 0 Å². The fraction of sp³-hybridized carbons (Fsp3) is 0.889. The molecule has 2 amide bonds. The molecule has 0 bridgehead atoms. The molecule has 22 heavy (non-hydrogen) atoms. The number of carbonyl (C=O) groups excluding carboxylic acids is 2. The first-order valence-electron chi connectivity index (χ1n) is 9.21. The summed E-state index contributed by atoms with van der Waals surface area (Å²) in [6.07, 6.45) is 13.4. The summed E-state index contributed by atoms with van der Waals surface area (Å²) >= 11 is 0. The van der Waals surface area contributed by atoms with Crippen LogP contribution in [0.4, 0.5) is 0 Å². The quantitative estimate of drug-likeness (QED) is 0.364. The third kappa shape index (κ3) is 7.39. The molecule has 1 saturated heterocycles. The lowest BCUT2D eigenvalue weighted by Gasteiger charge is -2.22. The normalized spacial score (nSPS) is 16.5. The van der Waals surface area contributed by atoms with E-state index in [1.165, 1.54) is 44.9 Å². The number of hydrogen-bond acceptors (Lipinski definition) is 3. The first-order valence-corrected chi connectivity index (χ1v) is 9.21. The third-order valence-corrected chi connectivity index (χ3v) is 4.27. The molecule has 1 aliphatic rings. The molecular weight excluding hydrogens is 278 g/mol. The summed E-state index contributed by atoms with van der Waals surface area (Å²) in [4.78, 5) is 29.1. The fourth-order valence-electron chi connectivity index (χ4n) is 2.85. The molecule has 128 valence electrons. The van der Waals surface area contributed by atoms with Crippen molar-refractivity contribution in [1.29, 1.82) is 0 Å². The summed E-state index contributed by atoms with van der Waals surface area (Å²) in [6.45, 7) is 4.41. The molecule has 4 heteroatoms. The molecule has 0 aliphatic carbocycles. The van der Waals surface area contributed by atoms with Gasteiger partial charge < -0.3 is 0 Å². The second-order valence-electron chi connectivity index (χ2n) is 6.36. The van der Waals surface area contributed by atoms with Crippen LogP contribution < -0.4 is 0 Å². The van der Waals surface area contributed by atoms with Crippen molar-refractivity contribution < 1.29 is 14.4 Å². The van der Waals surface area contributed by atoms with E-state index in [1.54, 1.807) is 0 Å². The zero-order valence-corrected chi connectivity index (χ0v) is 14.4. The second kappa shape index (κ2) is 11.6. The molecule has 1 fully saturated rings. The highest BCUT2D eigenvalue weighted by molar-refractivity contribution is 6.00. The lowest BCUT2D eigenvalue weighted by atomic mass is 10.0. The zero-order valence-electron chi connectivity index (χ0n) is 14.4. The highest BCUT2D eigenvalue weighted by Crippen LogP contribution is 2.20. The van der Waals surface area contributed by atoms with Crippen LogP contribution in [-0.2, 0) is 14.4 Å². The number of hydrogen-bond donors (Lipinski definition) is 0. The topological polar surface area (TPSA) is 46.6 Å². The minimum Gasteiger partial charge on any atom is -0.272 e. The van der Waals surface area contributed by atoms with Gasteiger partial charge in [0.1, 0.15) is 0 Å². The van der Waals surface area contributed by atoms with E-state index in [4.69, 9.17) is 4.84 Å². The van der Waals surface area contributed by atoms with E-state index >= 15 is 0 Å². The minimum absolute atomic E-state index is 0.0180. The van der Waals surface area contributed by atoms with Crippen molar-refractivity contribution in [2.75, 3.05) is 0 Å². The Balaban J connectivity index is 2.35. The number of unbranched alkanes of at least 4 members (excludes halogenated alkanes) is 7. The maximum absolute atomic E-state index is 11.7. The molecule has 1 aliphatic heterocycles. The van der Waals surface area contributed by atoms with Crippen LogP contribution in [0.2, 0.25) is 0 Å². The van der Waals surface area contributed by atoms with Crippen LogP contribution in [0.1, 0.15) is 97.3 Å². The van der Waals surface area contributed by atoms with E-state index in [-0.39, 0.29) is 17.9 Å². The van der Waals surface area contributed by atoms with Crippen molar-refractivity contribution in [3.8, 4) is 0 Å². The highest BCUT2D eigenvalue weighted by Gasteiger charge is 2.32. The largest absolute Gasteiger partial charge is 0.272 e. The van der Waals surface area contributed by atoms with E-state index in [9.17, 15) is 9.59 Å². The fourth-order valence-corrected chi connectivity index (χ4v) is 2.85. The van der Waals surface area contributed by atoms with Crippen LogP contribution in [0.15, 0.2) is 0 Å². The molecule has 4 nitrogen and oxygen atoms in total. The SMILES string of the molecule is CCCCCCCC(CCCCCC)ON1C(=O)CCC1=O. The lowest BCUT2D eigenvalue weighted by molar-refractivity contribution is -0.204. The van der Waals surface area contributed by atoms with Gasteiger partial charge in [0.2, 0.25) is 0 Å². The van der Waals surface area contributed by atoms with E-state index < -0.39 is 0 Å². The van der Waals surface area contributed by atoms with Crippen LogP contribution >= 0.6 is 0 Å². The van der Waals surface area contributed by atoms with Crippen LogP contribution in [0.25, 0.3) is 0 Å². The molecular formula is C18H33NO3. The van der Waals surface area contributed by atoms with Crippen molar-refractivity contribution in [1.82, 2.24) is 5.06 Å². The molecule has 0 saturated carbocycles. The van der Waals surface area contributed by atoms with Gasteiger partial charge in [0.15, 0.2) is 0 Å². The van der Waals surface area contributed by atoms with E-state index in [1.807, 2.05) is 0 Å². The van der Waals surface area contributed by atoms with Gasteiger partial charge in [-0.25, -0.2) is 0 Å². The van der Waals surface area contributed by atoms with Gasteiger partial charge in [-0.15, -0.1) is 0 Å². The molecule has 1 rings (SSSR count). The minimum atomic E-state index is -0.172. The van der Waals surface area contributed by atoms with Gasteiger partial charge in [0, 0.05) is 12.8 Å². The molecule has 0 aromatic heterocycles. The third-order valence-electron chi connectivity index (χ3n) is 4.27. The monoisotopic (exact) mass is 311 g/mol. The Morgan fingerprint density at radius 1 is 0.818 bits per heavy atom. The molecule has 0 N–H and O–H groups in total. The van der Waals surface area contributed by atoms with Gasteiger partial charge in [-0.1, -0.05) is 71.6 Å². The number of imide groups is 1. The number of rotatable bonds is 13. The predicted octanol–water partition coefficient (Wildman–Crippen LogP) is 4.77. The van der Waals surface area contributed by atoms with Gasteiger partial charge in [-0.05, 0) is 12.8 Å². The average molecular weight is 311 g/mol. The van der Waals surface area contributed by atoms with Gasteiger partial charge in [0.05, 0.1) is 6.10 Å². The number of amides is 2. The Bertz CT molecular complexity index is 314. The average Bonchev–Trinajstić information content (AvgIpc) is 2.82. The standard InChI is InChI=1S/C18H33NO3/c1-3-5-7-9-11-13-16(12-10-8-6-4-2)22-19-17(20)14-15-18(19)21/h16H,3-15H2,1-2H3. The Morgan fingerprint density at radius 3 is 1.77 bits per heavy atom. The first-order chi connectivity index (χ1) is 10.7. The van der Waals surface area contributed by atoms with Crippen LogP contribution in [0.5, 0.6) is 0 Å². The summed E-state index contributed by atoms with van der Waals surface area (Å²) in [7, 11) is 0. The maximum atomic E-state index is 11.7. The smallest absolute Gasteiger partial charge is 0.254 e. The molecule has 1 unspecified atom stereocenters. The zero-order chi connectivity index (χ0) is 16.2. The Hall–Kier alpha value is -0.900. The van der Waals surface area contributed by atoms with Crippen molar-refractivity contribution >= 4 is 11.8 Å². The van der Waals surface area contributed by atoms with Gasteiger partial charge in [-0.3, -0.25) is 14.4 Å². The summed E-state index contributed by atoms with van der Waals surface area (Å²) < 4.78 is 0. The summed E-state index contributed by atoms with van der Waals surface area (Å²) in [6, 6.07) is 0. The van der Waals surface area contributed by atoms with Crippen molar-refractivity contribution in [2.24, 2.45) is 0 Å². The molecule has 1 heterocycles. The first kappa shape index (κ1) is 19.1. The second-order valence-corrected chi connectivity index (χ2v) is 6.36. The van der Waals surface area contributed by atoms with Gasteiger partial charge in [0.25, 0.3) is 11.8 Å². The van der Waals surface area contributed by atoms with Crippen LogP contribution in [-0.4, -0.2) is 23.0 Å². The van der Waals surface area contributed by atoms with Crippen molar-refractivity contribution in [2.45, 2.75) is 103 Å². The summed E-state index contributed by atoms with van der Waals surface area (Å²) in [5, 5.41) is 1.04.